The Balaban J connectivity index is 0.000000127. The summed E-state index contributed by atoms with van der Waals surface area (Å²) in [6.45, 7) is 19.2. The molecule has 29 atom stereocenters. The topological polar surface area (TPSA) is 295 Å². The summed E-state index contributed by atoms with van der Waals surface area (Å²) in [4.78, 5) is 45.9. The molecule has 3 aromatic heterocycles. The summed E-state index contributed by atoms with van der Waals surface area (Å²) in [6, 6.07) is 10.4. The van der Waals surface area contributed by atoms with Crippen LogP contribution in [0.1, 0.15) is 238 Å². The van der Waals surface area contributed by atoms with Crippen LogP contribution >= 0.6 is 0 Å². The number of hydrogen-bond donors (Lipinski definition) is 7. The highest BCUT2D eigenvalue weighted by Crippen LogP contribution is 2.72. The highest BCUT2D eigenvalue weighted by molar-refractivity contribution is 5.66. The molecule has 0 aromatic carbocycles. The Hall–Kier alpha value is -5.42. The molecule has 11 unspecified atom stereocenters. The number of allylic oxidation sites excluding steroid dienone is 7. The maximum Gasteiger partial charge on any atom is 0.335 e. The quantitative estimate of drug-likeness (QED) is 0.0814. The fourth-order valence-corrected chi connectivity index (χ4v) is 25.1. The first kappa shape index (κ1) is 75.0. The van der Waals surface area contributed by atoms with Gasteiger partial charge < -0.3 is 72.7 Å². The summed E-state index contributed by atoms with van der Waals surface area (Å²) in [5, 5.41) is 73.6. The zero-order chi connectivity index (χ0) is 74.2. The van der Waals surface area contributed by atoms with Crippen LogP contribution in [0, 0.1) is 68.0 Å². The molecule has 12 aliphatic carbocycles. The number of carbonyl (C=O) groups is 1. The highest BCUT2D eigenvalue weighted by atomic mass is 16.7. The molecule has 105 heavy (non-hydrogen) atoms. The number of hydrogen-bond acceptors (Lipinski definition) is 19. The molecule has 2 aliphatic heterocycles. The van der Waals surface area contributed by atoms with Crippen molar-refractivity contribution in [2.75, 3.05) is 0 Å². The Morgan fingerprint density at radius 1 is 0.429 bits per heavy atom. The van der Waals surface area contributed by atoms with Crippen LogP contribution in [-0.4, -0.2) is 127 Å². The normalized spacial score (nSPS) is 46.3. The van der Waals surface area contributed by atoms with Crippen molar-refractivity contribution < 1.29 is 77.5 Å². The second kappa shape index (κ2) is 28.2. The predicted molar refractivity (Wildman–Crippen MR) is 390 cm³/mol. The third kappa shape index (κ3) is 12.7. The van der Waals surface area contributed by atoms with Gasteiger partial charge >= 0.3 is 22.8 Å². The molecule has 572 valence electrons. The van der Waals surface area contributed by atoms with E-state index in [0.29, 0.717) is 41.4 Å². The van der Waals surface area contributed by atoms with Crippen molar-refractivity contribution in [2.45, 2.75) is 307 Å². The largest absolute Gasteiger partial charge is 0.458 e. The molecule has 19 nitrogen and oxygen atoms in total. The molecule has 19 heteroatoms. The summed E-state index contributed by atoms with van der Waals surface area (Å²) in [5.41, 5.74) is 9.55. The lowest BCUT2D eigenvalue weighted by atomic mass is 9.45. The number of rotatable bonds is 8. The van der Waals surface area contributed by atoms with Gasteiger partial charge in [-0.05, 0) is 276 Å². The first-order valence-corrected chi connectivity index (χ1v) is 39.8. The molecule has 7 N–H and O–H groups in total. The number of aliphatic hydroxyl groups is 7. The van der Waals surface area contributed by atoms with Crippen LogP contribution < -0.4 is 16.9 Å². The fourth-order valence-electron chi connectivity index (χ4n) is 25.1. The Labute approximate surface area is 616 Å². The van der Waals surface area contributed by atoms with Crippen molar-refractivity contribution in [2.24, 2.45) is 68.0 Å². The number of aliphatic hydroxyl groups excluding tert-OH is 6. The standard InChI is InChI=1S/C30H42O8.C30H40O7.C26H32O4/c1-16-24(32)25(33)26(34)27(37-16)38-19-8-11-28(2)18(14-19)5-6-22-21(28)9-12-29(3)20(10-13-30(22,29)35)17-4-7-23(31)36-15-17;1-16-25(32)26(33)27(34)28(36-16)37-19-10-12-29(2)18(14-19)5-6-20-22-8-7-21(17-4-9-24(31)35-15-17)30(22,3)13-11-23(20)29;1-16(27)30-19-10-12-25(2)18(14-19)5-6-20-22-8-7-21(17-4-9-24(28)29-15-17)26(22,3)13-11-23(20)25/h4,7,14-16,19-22,24-27,32-35H,5-6,8-13H2,1-3H3;4,8-9,14-16,19-21,23,25-28,32-34H,5-7,10-13H2,1-3H3;4,8-9,14-15,19-21,23H,5-7,10-13H2,1-3H3/t16-,19?,20+,21?,22?,24-,25+,26+,27?,28-,29+,30-;16-,19?,20?,21+,23?,25-,26+,27+,28?,29-,30+;19?,20?,21-,23?,25+,26-/m001/s1. The average molecular weight is 1450 g/mol. The molecule has 17 rings (SSSR count). The van der Waals surface area contributed by atoms with E-state index in [2.05, 4.69) is 71.9 Å². The van der Waals surface area contributed by atoms with E-state index in [-0.39, 0.29) is 85.5 Å². The van der Waals surface area contributed by atoms with Gasteiger partial charge in [-0.25, -0.2) is 14.4 Å². The Morgan fingerprint density at radius 3 is 1.25 bits per heavy atom. The second-order valence-electron chi connectivity index (χ2n) is 36.0. The van der Waals surface area contributed by atoms with Gasteiger partial charge in [0, 0.05) is 30.5 Å². The Bertz CT molecular complexity index is 4040. The maximum atomic E-state index is 12.4. The molecule has 0 amide bonds. The van der Waals surface area contributed by atoms with Crippen LogP contribution in [0.3, 0.4) is 0 Å². The summed E-state index contributed by atoms with van der Waals surface area (Å²) >= 11 is 0. The van der Waals surface area contributed by atoms with Gasteiger partial charge in [0.15, 0.2) is 12.6 Å². The average Bonchev–Trinajstić information content (AvgIpc) is 1.16. The van der Waals surface area contributed by atoms with Crippen molar-refractivity contribution in [1.29, 1.82) is 0 Å². The zero-order valence-corrected chi connectivity index (χ0v) is 62.9. The molecular weight excluding hydrogens is 1340 g/mol. The third-order valence-corrected chi connectivity index (χ3v) is 31.1. The molecule has 3 aromatic rings. The second-order valence-corrected chi connectivity index (χ2v) is 36.0. The van der Waals surface area contributed by atoms with Crippen molar-refractivity contribution in [3.8, 4) is 0 Å². The van der Waals surface area contributed by atoms with Gasteiger partial charge in [0.2, 0.25) is 0 Å². The summed E-state index contributed by atoms with van der Waals surface area (Å²) < 4.78 is 44.8. The van der Waals surface area contributed by atoms with Gasteiger partial charge in [-0.1, -0.05) is 93.7 Å². The first-order valence-electron chi connectivity index (χ1n) is 39.8. The number of fused-ring (bicyclic) bond motifs is 15. The predicted octanol–water partition coefficient (Wildman–Crippen LogP) is 12.4. The van der Waals surface area contributed by atoms with Crippen molar-refractivity contribution in [3.63, 3.8) is 0 Å². The molecule has 14 aliphatic rings. The van der Waals surface area contributed by atoms with Gasteiger partial charge in [0.25, 0.3) is 0 Å². The molecule has 7 saturated carbocycles. The van der Waals surface area contributed by atoms with Gasteiger partial charge in [0.05, 0.1) is 48.8 Å². The van der Waals surface area contributed by atoms with E-state index in [1.807, 2.05) is 18.2 Å². The van der Waals surface area contributed by atoms with Crippen molar-refractivity contribution in [3.05, 3.63) is 161 Å². The highest BCUT2D eigenvalue weighted by Gasteiger charge is 2.67. The van der Waals surface area contributed by atoms with E-state index >= 15 is 0 Å². The van der Waals surface area contributed by atoms with Crippen molar-refractivity contribution >= 4 is 5.97 Å². The number of carbonyl (C=O) groups excluding carboxylic acids is 1. The number of ether oxygens (including phenoxy) is 5. The fraction of sp³-hybridized carbons (Fsp3) is 0.698. The van der Waals surface area contributed by atoms with Crippen LogP contribution in [0.2, 0.25) is 0 Å². The molecule has 9 fully saturated rings. The van der Waals surface area contributed by atoms with E-state index < -0.39 is 67.0 Å². The van der Waals surface area contributed by atoms with Crippen LogP contribution in [-0.2, 0) is 28.5 Å². The molecule has 0 bridgehead atoms. The van der Waals surface area contributed by atoms with E-state index in [0.717, 1.165) is 132 Å². The van der Waals surface area contributed by atoms with E-state index in [4.69, 9.17) is 36.9 Å². The molecular formula is C86H114O19. The SMILES string of the molecule is CC(=O)OC1C=C2CCC3C4=CC[C@H](c5ccc(=O)oc5)[C@@]4(C)CCC3[C@@]2(C)CC1.C[C@@H]1OC(OC2C=C3CCC4C(CC[C@]5(C)[C@@H](c6ccc(=O)oc6)CC[C@]45O)[C@@]3(C)CC2)[C@H](O)[C@H](O)[C@H]1O.C[C@@H]1OC(OC2C=C3CCC4C5=CC[C@H](c6ccc(=O)oc6)[C@@]5(C)CCC4[C@@]3(C)CC2)[C@H](O)[C@H](O)[C@H]1O. The minimum absolute atomic E-state index is 0.0213. The monoisotopic (exact) mass is 1450 g/mol. The smallest absolute Gasteiger partial charge is 0.335 e. The minimum atomic E-state index is -1.31. The van der Waals surface area contributed by atoms with E-state index in [9.17, 15) is 54.9 Å². The summed E-state index contributed by atoms with van der Waals surface area (Å²) in [6.07, 6.45) is 27.8. The molecule has 2 saturated heterocycles. The Kier molecular flexibility index (Phi) is 20.1. The minimum Gasteiger partial charge on any atom is -0.458 e. The van der Waals surface area contributed by atoms with E-state index in [1.165, 1.54) is 55.4 Å². The van der Waals surface area contributed by atoms with Crippen LogP contribution in [0.4, 0.5) is 0 Å². The summed E-state index contributed by atoms with van der Waals surface area (Å²) in [5.74, 6) is 3.81. The first-order chi connectivity index (χ1) is 49.9. The van der Waals surface area contributed by atoms with Crippen molar-refractivity contribution in [1.82, 2.24) is 0 Å². The van der Waals surface area contributed by atoms with Gasteiger partial charge in [-0.3, -0.25) is 4.79 Å². The lowest BCUT2D eigenvalue weighted by molar-refractivity contribution is -0.301. The van der Waals surface area contributed by atoms with Crippen LogP contribution in [0.15, 0.2) is 141 Å². The number of esters is 1. The maximum absolute atomic E-state index is 12.4. The van der Waals surface area contributed by atoms with Crippen LogP contribution in [0.5, 0.6) is 0 Å². The lowest BCUT2D eigenvalue weighted by Crippen LogP contribution is -2.60. The molecule has 0 spiro atoms. The van der Waals surface area contributed by atoms with Gasteiger partial charge in [0.1, 0.15) is 42.7 Å². The van der Waals surface area contributed by atoms with Gasteiger partial charge in [-0.2, -0.15) is 0 Å². The van der Waals surface area contributed by atoms with Crippen LogP contribution in [0.25, 0.3) is 0 Å². The summed E-state index contributed by atoms with van der Waals surface area (Å²) in [7, 11) is 0. The molecule has 0 radical (unpaired) electrons. The lowest BCUT2D eigenvalue weighted by Gasteiger charge is -2.62. The van der Waals surface area contributed by atoms with E-state index in [1.54, 1.807) is 55.9 Å². The Morgan fingerprint density at radius 2 is 0.819 bits per heavy atom. The zero-order valence-electron chi connectivity index (χ0n) is 62.9. The third-order valence-electron chi connectivity index (χ3n) is 31.1. The molecule has 5 heterocycles. The van der Waals surface area contributed by atoms with Gasteiger partial charge in [-0.15, -0.1) is 0 Å².